The van der Waals surface area contributed by atoms with E-state index in [2.05, 4.69) is 27.7 Å². The van der Waals surface area contributed by atoms with Crippen molar-refractivity contribution in [3.63, 3.8) is 0 Å². The number of ether oxygens (including phenoxy) is 8. The van der Waals surface area contributed by atoms with Crippen molar-refractivity contribution in [1.82, 2.24) is 0 Å². The Morgan fingerprint density at radius 3 is 1.07 bits per heavy atom. The Kier molecular flexibility index (Phi) is 29.7. The molecule has 0 unspecified atom stereocenters. The Morgan fingerprint density at radius 2 is 0.775 bits per heavy atom. The molecule has 0 heterocycles. The van der Waals surface area contributed by atoms with Crippen LogP contribution in [-0.2, 0) is 47.5 Å². The van der Waals surface area contributed by atoms with Crippen LogP contribution in [0.3, 0.4) is 0 Å². The van der Waals surface area contributed by atoms with Gasteiger partial charge in [0.05, 0.1) is 26.4 Å². The lowest BCUT2D eigenvalue weighted by molar-refractivity contribution is -0.176. The molecule has 0 aromatic rings. The predicted octanol–water partition coefficient (Wildman–Crippen LogP) is 5.59. The molecular formula is C30H58O10. The molecule has 0 aliphatic heterocycles. The van der Waals surface area contributed by atoms with Crippen molar-refractivity contribution in [3.05, 3.63) is 0 Å². The van der Waals surface area contributed by atoms with Gasteiger partial charge in [-0.1, -0.05) is 53.4 Å². The molecule has 10 nitrogen and oxygen atoms in total. The monoisotopic (exact) mass is 578 g/mol. The number of hydrogen-bond acceptors (Lipinski definition) is 10. The van der Waals surface area contributed by atoms with E-state index < -0.39 is 12.6 Å². The fourth-order valence-corrected chi connectivity index (χ4v) is 3.20. The van der Waals surface area contributed by atoms with E-state index in [4.69, 9.17) is 37.9 Å². The van der Waals surface area contributed by atoms with E-state index in [1.54, 1.807) is 0 Å². The lowest BCUT2D eigenvalue weighted by Crippen LogP contribution is -2.25. The van der Waals surface area contributed by atoms with Gasteiger partial charge in [-0.25, -0.2) is 0 Å². The molecule has 0 bridgehead atoms. The quantitative estimate of drug-likeness (QED) is 0.0587. The highest BCUT2D eigenvalue weighted by atomic mass is 16.7. The van der Waals surface area contributed by atoms with E-state index in [9.17, 15) is 9.59 Å². The molecular weight excluding hydrogens is 520 g/mol. The van der Waals surface area contributed by atoms with Crippen LogP contribution in [0.15, 0.2) is 0 Å². The average molecular weight is 579 g/mol. The summed E-state index contributed by atoms with van der Waals surface area (Å²) in [5.74, 6) is -0.616. The molecule has 238 valence electrons. The van der Waals surface area contributed by atoms with Crippen molar-refractivity contribution in [3.8, 4) is 0 Å². The zero-order chi connectivity index (χ0) is 29.5. The second-order valence-electron chi connectivity index (χ2n) is 9.55. The van der Waals surface area contributed by atoms with Gasteiger partial charge < -0.3 is 37.9 Å². The van der Waals surface area contributed by atoms with Crippen molar-refractivity contribution in [2.24, 2.45) is 0 Å². The van der Waals surface area contributed by atoms with Gasteiger partial charge in [0.2, 0.25) is 0 Å². The number of esters is 2. The lowest BCUT2D eigenvalue weighted by atomic mass is 10.2. The summed E-state index contributed by atoms with van der Waals surface area (Å²) in [5, 5.41) is 0. The summed E-state index contributed by atoms with van der Waals surface area (Å²) >= 11 is 0. The first-order chi connectivity index (χ1) is 19.6. The van der Waals surface area contributed by atoms with Gasteiger partial charge in [-0.3, -0.25) is 9.59 Å². The van der Waals surface area contributed by atoms with Gasteiger partial charge in [-0.15, -0.1) is 0 Å². The molecule has 0 fully saturated rings. The van der Waals surface area contributed by atoms with E-state index in [1.165, 1.54) is 0 Å². The van der Waals surface area contributed by atoms with Crippen LogP contribution in [-0.4, -0.2) is 90.6 Å². The van der Waals surface area contributed by atoms with Gasteiger partial charge in [0.25, 0.3) is 0 Å². The fraction of sp³-hybridized carbons (Fsp3) is 0.933. The first kappa shape index (κ1) is 38.7. The number of rotatable bonds is 31. The Balaban J connectivity index is 3.80. The summed E-state index contributed by atoms with van der Waals surface area (Å²) in [7, 11) is 0. The minimum atomic E-state index is -0.397. The molecule has 0 aliphatic carbocycles. The van der Waals surface area contributed by atoms with Crippen LogP contribution in [0.2, 0.25) is 0 Å². The van der Waals surface area contributed by atoms with Crippen LogP contribution in [0.25, 0.3) is 0 Å². The van der Waals surface area contributed by atoms with Gasteiger partial charge in [0, 0.05) is 39.3 Å². The minimum absolute atomic E-state index is 0.172. The molecule has 0 spiro atoms. The van der Waals surface area contributed by atoms with Gasteiger partial charge >= 0.3 is 11.9 Å². The summed E-state index contributed by atoms with van der Waals surface area (Å²) in [6.07, 6.45) is 8.92. The SMILES string of the molecule is CCCCOC(COCCOC(=O)CCCCC(=O)OCCOCC(OCCCC)OCCCC)OCCCC. The summed E-state index contributed by atoms with van der Waals surface area (Å²) in [4.78, 5) is 23.8. The van der Waals surface area contributed by atoms with E-state index in [0.29, 0.717) is 52.5 Å². The normalized spacial score (nSPS) is 11.4. The van der Waals surface area contributed by atoms with Crippen molar-refractivity contribution in [2.45, 2.75) is 117 Å². The fourth-order valence-electron chi connectivity index (χ4n) is 3.20. The van der Waals surface area contributed by atoms with E-state index >= 15 is 0 Å². The first-order valence-electron chi connectivity index (χ1n) is 15.5. The predicted molar refractivity (Wildman–Crippen MR) is 153 cm³/mol. The molecule has 0 aliphatic rings. The number of unbranched alkanes of at least 4 members (excludes halogenated alkanes) is 5. The topological polar surface area (TPSA) is 108 Å². The molecule has 0 saturated carbocycles. The average Bonchev–Trinajstić information content (AvgIpc) is 2.94. The van der Waals surface area contributed by atoms with Crippen LogP contribution in [0.5, 0.6) is 0 Å². The third-order valence-electron chi connectivity index (χ3n) is 5.71. The maximum atomic E-state index is 11.9. The minimum Gasteiger partial charge on any atom is -0.463 e. The summed E-state index contributed by atoms with van der Waals surface area (Å²) in [5.41, 5.74) is 0. The lowest BCUT2D eigenvalue weighted by Gasteiger charge is -2.18. The Bertz CT molecular complexity index is 493. The summed E-state index contributed by atoms with van der Waals surface area (Å²) in [6.45, 7) is 12.5. The molecule has 0 N–H and O–H groups in total. The Labute approximate surface area is 243 Å². The van der Waals surface area contributed by atoms with Gasteiger partial charge in [0.15, 0.2) is 12.6 Å². The van der Waals surface area contributed by atoms with E-state index in [0.717, 1.165) is 51.4 Å². The standard InChI is InChI=1S/C30H58O10/c1-5-9-17-37-29(38-18-10-6-2)25-33-21-23-35-27(31)15-13-14-16-28(32)36-24-22-34-26-30(39-19-11-7-3)40-20-12-8-4/h29-30H,5-26H2,1-4H3. The zero-order valence-electron chi connectivity index (χ0n) is 25.8. The highest BCUT2D eigenvalue weighted by molar-refractivity contribution is 5.70. The number of hydrogen-bond donors (Lipinski definition) is 0. The Hall–Kier alpha value is -1.30. The molecule has 0 rings (SSSR count). The molecule has 0 radical (unpaired) electrons. The number of carbonyl (C=O) groups is 2. The van der Waals surface area contributed by atoms with Gasteiger partial charge in [0.1, 0.15) is 13.2 Å². The van der Waals surface area contributed by atoms with Crippen LogP contribution < -0.4 is 0 Å². The summed E-state index contributed by atoms with van der Waals surface area (Å²) < 4.78 is 44.4. The van der Waals surface area contributed by atoms with Crippen molar-refractivity contribution in [1.29, 1.82) is 0 Å². The molecule has 0 aromatic heterocycles. The molecule has 0 saturated heterocycles. The Morgan fingerprint density at radius 1 is 0.450 bits per heavy atom. The third kappa shape index (κ3) is 26.9. The van der Waals surface area contributed by atoms with Crippen LogP contribution >= 0.6 is 0 Å². The van der Waals surface area contributed by atoms with Crippen LogP contribution in [0.1, 0.15) is 105 Å². The molecule has 0 amide bonds. The second kappa shape index (κ2) is 30.7. The first-order valence-corrected chi connectivity index (χ1v) is 15.5. The van der Waals surface area contributed by atoms with Crippen LogP contribution in [0, 0.1) is 0 Å². The maximum Gasteiger partial charge on any atom is 0.305 e. The van der Waals surface area contributed by atoms with E-state index in [1.807, 2.05) is 0 Å². The molecule has 0 aromatic carbocycles. The van der Waals surface area contributed by atoms with Crippen molar-refractivity contribution < 1.29 is 47.5 Å². The number of carbonyl (C=O) groups excluding carboxylic acids is 2. The zero-order valence-corrected chi connectivity index (χ0v) is 25.8. The van der Waals surface area contributed by atoms with Gasteiger partial charge in [-0.05, 0) is 38.5 Å². The largest absolute Gasteiger partial charge is 0.463 e. The third-order valence-corrected chi connectivity index (χ3v) is 5.71. The van der Waals surface area contributed by atoms with Crippen LogP contribution in [0.4, 0.5) is 0 Å². The molecule has 10 heteroatoms. The smallest absolute Gasteiger partial charge is 0.305 e. The second-order valence-corrected chi connectivity index (χ2v) is 9.55. The maximum absolute atomic E-state index is 11.9. The van der Waals surface area contributed by atoms with Crippen molar-refractivity contribution in [2.75, 3.05) is 66.1 Å². The molecule has 0 atom stereocenters. The summed E-state index contributed by atoms with van der Waals surface area (Å²) in [6, 6.07) is 0. The highest BCUT2D eigenvalue weighted by Crippen LogP contribution is 2.05. The molecule has 40 heavy (non-hydrogen) atoms. The van der Waals surface area contributed by atoms with Crippen molar-refractivity contribution >= 4 is 11.9 Å². The van der Waals surface area contributed by atoms with E-state index in [-0.39, 0.29) is 51.2 Å². The highest BCUT2D eigenvalue weighted by Gasteiger charge is 2.12. The van der Waals surface area contributed by atoms with Gasteiger partial charge in [-0.2, -0.15) is 0 Å².